The third kappa shape index (κ3) is 2.75. The Bertz CT molecular complexity index is 387. The molecule has 0 spiro atoms. The maximum Gasteiger partial charge on any atom is 0.317 e. The Balaban J connectivity index is 1.80. The highest BCUT2D eigenvalue weighted by Crippen LogP contribution is 2.20. The van der Waals surface area contributed by atoms with Crippen LogP contribution in [0.1, 0.15) is 13.3 Å². The van der Waals surface area contributed by atoms with E-state index in [1.54, 1.807) is 0 Å². The van der Waals surface area contributed by atoms with E-state index < -0.39 is 0 Å². The van der Waals surface area contributed by atoms with Crippen LogP contribution in [0.4, 0.5) is 10.5 Å². The maximum atomic E-state index is 11.7. The number of urea groups is 1. The molecule has 0 saturated carbocycles. The van der Waals surface area contributed by atoms with Crippen molar-refractivity contribution in [2.75, 3.05) is 31.6 Å². The topological polar surface area (TPSA) is 35.6 Å². The number of carbonyl (C=O) groups is 1. The molecule has 1 aliphatic heterocycles. The van der Waals surface area contributed by atoms with E-state index in [-0.39, 0.29) is 6.03 Å². The second-order valence-electron chi connectivity index (χ2n) is 4.74. The lowest BCUT2D eigenvalue weighted by molar-refractivity contribution is 0.151. The number of carbonyl (C=O) groups excluding carboxylic acids is 1. The number of likely N-dealkylation sites (tertiary alicyclic amines) is 1. The molecule has 0 atom stereocenters. The predicted molar refractivity (Wildman–Crippen MR) is 73.9 cm³/mol. The van der Waals surface area contributed by atoms with E-state index in [4.69, 9.17) is 0 Å². The van der Waals surface area contributed by atoms with Gasteiger partial charge in [0.15, 0.2) is 0 Å². The fourth-order valence-electron chi connectivity index (χ4n) is 2.08. The van der Waals surface area contributed by atoms with Crippen molar-refractivity contribution in [1.82, 2.24) is 10.2 Å². The first-order valence-electron chi connectivity index (χ1n) is 6.53. The molecular formula is C14H21N3O. The van der Waals surface area contributed by atoms with E-state index in [1.807, 2.05) is 23.1 Å². The maximum absolute atomic E-state index is 11.7. The molecule has 18 heavy (non-hydrogen) atoms. The molecule has 0 aliphatic carbocycles. The fourth-order valence-corrected chi connectivity index (χ4v) is 2.08. The summed E-state index contributed by atoms with van der Waals surface area (Å²) < 4.78 is 0. The van der Waals surface area contributed by atoms with Gasteiger partial charge >= 0.3 is 6.03 Å². The van der Waals surface area contributed by atoms with Crippen LogP contribution in [0.2, 0.25) is 0 Å². The van der Waals surface area contributed by atoms with Crippen molar-refractivity contribution in [3.63, 3.8) is 0 Å². The lowest BCUT2D eigenvalue weighted by atomic mass is 10.1. The first kappa shape index (κ1) is 12.7. The Morgan fingerprint density at radius 3 is 2.67 bits per heavy atom. The quantitative estimate of drug-likeness (QED) is 0.882. The molecule has 0 unspecified atom stereocenters. The minimum Gasteiger partial charge on any atom is -0.368 e. The van der Waals surface area contributed by atoms with Crippen molar-refractivity contribution in [3.05, 3.63) is 30.3 Å². The van der Waals surface area contributed by atoms with Crippen molar-refractivity contribution in [2.45, 2.75) is 19.4 Å². The van der Waals surface area contributed by atoms with Crippen LogP contribution in [0.3, 0.4) is 0 Å². The molecule has 4 heteroatoms. The van der Waals surface area contributed by atoms with Gasteiger partial charge in [-0.05, 0) is 18.6 Å². The summed E-state index contributed by atoms with van der Waals surface area (Å²) in [5.41, 5.74) is 1.20. The first-order chi connectivity index (χ1) is 8.72. The standard InChI is InChI=1S/C14H21N3O/c1-3-9-15-14(18)17-10-13(11-17)16(2)12-7-5-4-6-8-12/h4-8,13H,3,9-11H2,1-2H3,(H,15,18). The summed E-state index contributed by atoms with van der Waals surface area (Å²) in [6, 6.07) is 10.8. The van der Waals surface area contributed by atoms with Gasteiger partial charge in [0.25, 0.3) is 0 Å². The Kier molecular flexibility index (Phi) is 4.07. The van der Waals surface area contributed by atoms with Crippen LogP contribution in [-0.4, -0.2) is 43.7 Å². The van der Waals surface area contributed by atoms with Crippen LogP contribution < -0.4 is 10.2 Å². The zero-order chi connectivity index (χ0) is 13.0. The van der Waals surface area contributed by atoms with Crippen LogP contribution >= 0.6 is 0 Å². The van der Waals surface area contributed by atoms with E-state index in [0.29, 0.717) is 6.04 Å². The average molecular weight is 247 g/mol. The van der Waals surface area contributed by atoms with Crippen LogP contribution in [0.5, 0.6) is 0 Å². The lowest BCUT2D eigenvalue weighted by Crippen LogP contribution is -2.62. The van der Waals surface area contributed by atoms with Crippen LogP contribution in [0.15, 0.2) is 30.3 Å². The van der Waals surface area contributed by atoms with E-state index in [2.05, 4.69) is 36.3 Å². The zero-order valence-corrected chi connectivity index (χ0v) is 11.1. The van der Waals surface area contributed by atoms with Crippen molar-refractivity contribution in [1.29, 1.82) is 0 Å². The summed E-state index contributed by atoms with van der Waals surface area (Å²) in [7, 11) is 2.08. The van der Waals surface area contributed by atoms with Crippen molar-refractivity contribution in [3.8, 4) is 0 Å². The van der Waals surface area contributed by atoms with Gasteiger partial charge in [0, 0.05) is 32.4 Å². The third-order valence-electron chi connectivity index (χ3n) is 3.39. The molecule has 1 aromatic rings. The largest absolute Gasteiger partial charge is 0.368 e. The number of para-hydroxylation sites is 1. The van der Waals surface area contributed by atoms with E-state index in [1.165, 1.54) is 5.69 Å². The second-order valence-corrected chi connectivity index (χ2v) is 4.74. The zero-order valence-electron chi connectivity index (χ0n) is 11.1. The molecule has 2 amide bonds. The normalized spacial score (nSPS) is 15.1. The Hall–Kier alpha value is -1.71. The molecule has 4 nitrogen and oxygen atoms in total. The molecule has 1 N–H and O–H groups in total. The molecule has 0 radical (unpaired) electrons. The molecule has 2 rings (SSSR count). The highest BCUT2D eigenvalue weighted by atomic mass is 16.2. The number of benzene rings is 1. The fraction of sp³-hybridized carbons (Fsp3) is 0.500. The van der Waals surface area contributed by atoms with E-state index in [9.17, 15) is 4.79 Å². The first-order valence-corrected chi connectivity index (χ1v) is 6.53. The summed E-state index contributed by atoms with van der Waals surface area (Å²) in [6.45, 7) is 4.43. The summed E-state index contributed by atoms with van der Waals surface area (Å²) >= 11 is 0. The van der Waals surface area contributed by atoms with Crippen molar-refractivity contribution >= 4 is 11.7 Å². The van der Waals surface area contributed by atoms with Crippen molar-refractivity contribution in [2.24, 2.45) is 0 Å². The number of hydrogen-bond acceptors (Lipinski definition) is 2. The SMILES string of the molecule is CCCNC(=O)N1CC(N(C)c2ccccc2)C1. The van der Waals surface area contributed by atoms with Gasteiger partial charge in [0.05, 0.1) is 6.04 Å². The van der Waals surface area contributed by atoms with Gasteiger partial charge in [-0.25, -0.2) is 4.79 Å². The molecule has 98 valence electrons. The molecule has 1 heterocycles. The van der Waals surface area contributed by atoms with Gasteiger partial charge in [-0.1, -0.05) is 25.1 Å². The van der Waals surface area contributed by atoms with Crippen LogP contribution in [0.25, 0.3) is 0 Å². The van der Waals surface area contributed by atoms with Gasteiger partial charge in [0.2, 0.25) is 0 Å². The second kappa shape index (κ2) is 5.76. The van der Waals surface area contributed by atoms with Crippen LogP contribution in [0, 0.1) is 0 Å². The molecule has 0 bridgehead atoms. The summed E-state index contributed by atoms with van der Waals surface area (Å²) in [4.78, 5) is 15.8. The van der Waals surface area contributed by atoms with E-state index >= 15 is 0 Å². The summed E-state index contributed by atoms with van der Waals surface area (Å²) in [6.07, 6.45) is 0.979. The Morgan fingerprint density at radius 1 is 1.39 bits per heavy atom. The van der Waals surface area contributed by atoms with Gasteiger partial charge in [-0.15, -0.1) is 0 Å². The summed E-state index contributed by atoms with van der Waals surface area (Å²) in [5.74, 6) is 0. The Labute approximate surface area is 109 Å². The Morgan fingerprint density at radius 2 is 2.06 bits per heavy atom. The van der Waals surface area contributed by atoms with Gasteiger partial charge in [0.1, 0.15) is 0 Å². The van der Waals surface area contributed by atoms with Crippen molar-refractivity contribution < 1.29 is 4.79 Å². The number of amides is 2. The van der Waals surface area contributed by atoms with Gasteiger partial charge in [-0.3, -0.25) is 0 Å². The molecule has 1 saturated heterocycles. The minimum atomic E-state index is 0.0644. The van der Waals surface area contributed by atoms with Gasteiger partial charge < -0.3 is 15.1 Å². The molecule has 1 fully saturated rings. The van der Waals surface area contributed by atoms with Gasteiger partial charge in [-0.2, -0.15) is 0 Å². The number of anilines is 1. The highest BCUT2D eigenvalue weighted by Gasteiger charge is 2.33. The molecular weight excluding hydrogens is 226 g/mol. The average Bonchev–Trinajstić information content (AvgIpc) is 2.35. The third-order valence-corrected chi connectivity index (χ3v) is 3.39. The number of nitrogens with one attached hydrogen (secondary N) is 1. The highest BCUT2D eigenvalue weighted by molar-refractivity contribution is 5.75. The number of rotatable bonds is 4. The molecule has 0 aromatic heterocycles. The number of likely N-dealkylation sites (N-methyl/N-ethyl adjacent to an activating group) is 1. The van der Waals surface area contributed by atoms with E-state index in [0.717, 1.165) is 26.1 Å². The molecule has 1 aliphatic rings. The minimum absolute atomic E-state index is 0.0644. The number of hydrogen-bond donors (Lipinski definition) is 1. The predicted octanol–water partition coefficient (Wildman–Crippen LogP) is 1.93. The lowest BCUT2D eigenvalue weighted by Gasteiger charge is -2.44. The molecule has 1 aromatic carbocycles. The monoisotopic (exact) mass is 247 g/mol. The smallest absolute Gasteiger partial charge is 0.317 e. The number of nitrogens with zero attached hydrogens (tertiary/aromatic N) is 2. The van der Waals surface area contributed by atoms with Crippen LogP contribution in [-0.2, 0) is 0 Å². The summed E-state index contributed by atoms with van der Waals surface area (Å²) in [5, 5.41) is 2.90.